The van der Waals surface area contributed by atoms with E-state index in [0.717, 1.165) is 24.9 Å². The Balaban J connectivity index is 1.85. The summed E-state index contributed by atoms with van der Waals surface area (Å²) >= 11 is 0. The fourth-order valence-corrected chi connectivity index (χ4v) is 1.80. The quantitative estimate of drug-likeness (QED) is 0.767. The Labute approximate surface area is 124 Å². The molecule has 2 rings (SSSR count). The highest BCUT2D eigenvalue weighted by Gasteiger charge is 2.07. The summed E-state index contributed by atoms with van der Waals surface area (Å²) in [5.41, 5.74) is 1.38. The van der Waals surface area contributed by atoms with Crippen molar-refractivity contribution in [2.24, 2.45) is 0 Å². The summed E-state index contributed by atoms with van der Waals surface area (Å²) < 4.78 is 0. The lowest BCUT2D eigenvalue weighted by atomic mass is 10.2. The van der Waals surface area contributed by atoms with Crippen LogP contribution in [0.25, 0.3) is 0 Å². The molecule has 2 aromatic rings. The number of anilines is 1. The molecule has 1 amide bonds. The molecular weight excluding hydrogens is 264 g/mol. The van der Waals surface area contributed by atoms with E-state index in [1.807, 2.05) is 30.3 Å². The van der Waals surface area contributed by atoms with Gasteiger partial charge in [0.25, 0.3) is 5.91 Å². The van der Waals surface area contributed by atoms with Crippen molar-refractivity contribution >= 4 is 11.7 Å². The summed E-state index contributed by atoms with van der Waals surface area (Å²) in [6.45, 7) is 3.48. The van der Waals surface area contributed by atoms with Gasteiger partial charge in [-0.15, -0.1) is 0 Å². The largest absolute Gasteiger partial charge is 0.369 e. The highest BCUT2D eigenvalue weighted by atomic mass is 16.1. The topological polar surface area (TPSA) is 66.9 Å². The van der Waals surface area contributed by atoms with Gasteiger partial charge in [-0.1, -0.05) is 43.7 Å². The van der Waals surface area contributed by atoms with Gasteiger partial charge in [-0.25, -0.2) is 9.97 Å². The van der Waals surface area contributed by atoms with Crippen LogP contribution in [-0.4, -0.2) is 22.4 Å². The van der Waals surface area contributed by atoms with Crippen LogP contribution in [0.1, 0.15) is 35.8 Å². The molecule has 0 saturated heterocycles. The van der Waals surface area contributed by atoms with E-state index < -0.39 is 0 Å². The Bertz CT molecular complexity index is 554. The van der Waals surface area contributed by atoms with E-state index in [1.165, 1.54) is 6.20 Å². The zero-order valence-electron chi connectivity index (χ0n) is 12.2. The third-order valence-corrected chi connectivity index (χ3v) is 3.02. The van der Waals surface area contributed by atoms with Gasteiger partial charge in [0.05, 0.1) is 12.4 Å². The van der Waals surface area contributed by atoms with E-state index in [4.69, 9.17) is 0 Å². The molecule has 1 aromatic heterocycles. The molecule has 0 aliphatic heterocycles. The minimum absolute atomic E-state index is 0.216. The normalized spacial score (nSPS) is 10.1. The molecule has 0 aliphatic carbocycles. The molecule has 1 heterocycles. The molecule has 0 atom stereocenters. The fraction of sp³-hybridized carbons (Fsp3) is 0.312. The van der Waals surface area contributed by atoms with Crippen LogP contribution >= 0.6 is 0 Å². The van der Waals surface area contributed by atoms with Crippen molar-refractivity contribution in [3.05, 3.63) is 54.0 Å². The van der Waals surface area contributed by atoms with Crippen LogP contribution < -0.4 is 10.6 Å². The van der Waals surface area contributed by atoms with Crippen molar-refractivity contribution in [3.8, 4) is 0 Å². The molecule has 0 saturated carbocycles. The van der Waals surface area contributed by atoms with Crippen LogP contribution in [-0.2, 0) is 6.54 Å². The van der Waals surface area contributed by atoms with Gasteiger partial charge in [-0.05, 0) is 12.0 Å². The minimum Gasteiger partial charge on any atom is -0.369 e. The van der Waals surface area contributed by atoms with Crippen LogP contribution in [0, 0.1) is 0 Å². The monoisotopic (exact) mass is 284 g/mol. The number of hydrogen-bond acceptors (Lipinski definition) is 4. The van der Waals surface area contributed by atoms with E-state index in [-0.39, 0.29) is 5.91 Å². The summed E-state index contributed by atoms with van der Waals surface area (Å²) in [5.74, 6) is 0.481. The highest BCUT2D eigenvalue weighted by molar-refractivity contribution is 5.91. The highest BCUT2D eigenvalue weighted by Crippen LogP contribution is 2.03. The van der Waals surface area contributed by atoms with E-state index in [9.17, 15) is 4.79 Å². The number of nitrogens with zero attached hydrogens (tertiary/aromatic N) is 2. The first-order valence-electron chi connectivity index (χ1n) is 7.17. The molecular formula is C16H20N4O. The Hall–Kier alpha value is -2.43. The van der Waals surface area contributed by atoms with Crippen molar-refractivity contribution in [1.29, 1.82) is 0 Å². The predicted octanol–water partition coefficient (Wildman–Crippen LogP) is 2.62. The first kappa shape index (κ1) is 15.0. The molecule has 1 aromatic carbocycles. The lowest BCUT2D eigenvalue weighted by molar-refractivity contribution is 0.0945. The first-order valence-corrected chi connectivity index (χ1v) is 7.17. The average molecular weight is 284 g/mol. The summed E-state index contributed by atoms with van der Waals surface area (Å²) in [7, 11) is 0. The van der Waals surface area contributed by atoms with Gasteiger partial charge in [-0.2, -0.15) is 0 Å². The van der Waals surface area contributed by atoms with Crippen LogP contribution in [0.2, 0.25) is 0 Å². The van der Waals surface area contributed by atoms with E-state index in [0.29, 0.717) is 18.1 Å². The second-order valence-corrected chi connectivity index (χ2v) is 4.74. The zero-order valence-corrected chi connectivity index (χ0v) is 12.2. The number of rotatable bonds is 7. The molecule has 0 spiro atoms. The lowest BCUT2D eigenvalue weighted by Gasteiger charge is -2.06. The van der Waals surface area contributed by atoms with Crippen LogP contribution in [0.4, 0.5) is 5.82 Å². The predicted molar refractivity (Wildman–Crippen MR) is 83.0 cm³/mol. The summed E-state index contributed by atoms with van der Waals surface area (Å²) in [4.78, 5) is 20.3. The molecule has 0 radical (unpaired) electrons. The smallest absolute Gasteiger partial charge is 0.271 e. The van der Waals surface area contributed by atoms with Crippen molar-refractivity contribution in [2.75, 3.05) is 11.9 Å². The third kappa shape index (κ3) is 4.87. The Kier molecular flexibility index (Phi) is 5.70. The number of unbranched alkanes of at least 4 members (excludes halogenated alkanes) is 1. The van der Waals surface area contributed by atoms with Crippen molar-refractivity contribution < 1.29 is 4.79 Å². The fourth-order valence-electron chi connectivity index (χ4n) is 1.80. The van der Waals surface area contributed by atoms with Gasteiger partial charge in [0.1, 0.15) is 11.5 Å². The van der Waals surface area contributed by atoms with Crippen molar-refractivity contribution in [2.45, 2.75) is 26.3 Å². The Morgan fingerprint density at radius 2 is 1.95 bits per heavy atom. The maximum atomic E-state index is 12.0. The van der Waals surface area contributed by atoms with Crippen molar-refractivity contribution in [3.63, 3.8) is 0 Å². The molecule has 0 unspecified atom stereocenters. The molecule has 21 heavy (non-hydrogen) atoms. The van der Waals surface area contributed by atoms with Crippen molar-refractivity contribution in [1.82, 2.24) is 15.3 Å². The lowest BCUT2D eigenvalue weighted by Crippen LogP contribution is -2.24. The molecule has 110 valence electrons. The molecule has 0 fully saturated rings. The number of aromatic nitrogens is 2. The minimum atomic E-state index is -0.216. The van der Waals surface area contributed by atoms with E-state index in [1.54, 1.807) is 6.20 Å². The Morgan fingerprint density at radius 1 is 1.14 bits per heavy atom. The van der Waals surface area contributed by atoms with E-state index in [2.05, 4.69) is 27.5 Å². The molecule has 2 N–H and O–H groups in total. The SMILES string of the molecule is CCCCNc1cnc(C(=O)NCc2ccccc2)cn1. The standard InChI is InChI=1S/C16H20N4O/c1-2-3-9-17-15-12-18-14(11-19-15)16(21)20-10-13-7-5-4-6-8-13/h4-8,11-12H,2-3,9-10H2,1H3,(H,17,19)(H,20,21). The van der Waals surface area contributed by atoms with Crippen LogP contribution in [0.3, 0.4) is 0 Å². The molecule has 0 aliphatic rings. The number of carbonyl (C=O) groups excluding carboxylic acids is 1. The number of amides is 1. The maximum Gasteiger partial charge on any atom is 0.271 e. The Morgan fingerprint density at radius 3 is 2.62 bits per heavy atom. The van der Waals surface area contributed by atoms with Crippen LogP contribution in [0.5, 0.6) is 0 Å². The second-order valence-electron chi connectivity index (χ2n) is 4.74. The number of carbonyl (C=O) groups is 1. The van der Waals surface area contributed by atoms with Gasteiger partial charge in [0, 0.05) is 13.1 Å². The molecule has 5 nitrogen and oxygen atoms in total. The maximum absolute atomic E-state index is 12.0. The number of nitrogens with one attached hydrogen (secondary N) is 2. The molecule has 5 heteroatoms. The number of benzene rings is 1. The summed E-state index contributed by atoms with van der Waals surface area (Å²) in [6.07, 6.45) is 5.29. The third-order valence-electron chi connectivity index (χ3n) is 3.02. The van der Waals surface area contributed by atoms with Gasteiger partial charge >= 0.3 is 0 Å². The zero-order chi connectivity index (χ0) is 14.9. The van der Waals surface area contributed by atoms with Gasteiger partial charge in [0.15, 0.2) is 0 Å². The van der Waals surface area contributed by atoms with Gasteiger partial charge < -0.3 is 10.6 Å². The molecule has 0 bridgehead atoms. The number of hydrogen-bond donors (Lipinski definition) is 2. The summed E-state index contributed by atoms with van der Waals surface area (Å²) in [6, 6.07) is 9.76. The first-order chi connectivity index (χ1) is 10.3. The van der Waals surface area contributed by atoms with Gasteiger partial charge in [-0.3, -0.25) is 4.79 Å². The second kappa shape index (κ2) is 7.99. The summed E-state index contributed by atoms with van der Waals surface area (Å²) in [5, 5.41) is 5.99. The van der Waals surface area contributed by atoms with E-state index >= 15 is 0 Å². The van der Waals surface area contributed by atoms with Crippen LogP contribution in [0.15, 0.2) is 42.7 Å². The average Bonchev–Trinajstić information content (AvgIpc) is 2.54. The van der Waals surface area contributed by atoms with Gasteiger partial charge in [0.2, 0.25) is 0 Å².